The van der Waals surface area contributed by atoms with Crippen molar-refractivity contribution in [1.82, 2.24) is 4.90 Å². The topological polar surface area (TPSA) is 72.3 Å². The third-order valence-electron chi connectivity index (χ3n) is 2.33. The lowest BCUT2D eigenvalue weighted by atomic mass is 10.2. The Kier molecular flexibility index (Phi) is 6.49. The van der Waals surface area contributed by atoms with E-state index in [0.717, 1.165) is 19.5 Å². The van der Waals surface area contributed by atoms with Gasteiger partial charge < -0.3 is 16.4 Å². The van der Waals surface area contributed by atoms with Crippen molar-refractivity contribution in [2.75, 3.05) is 13.1 Å². The van der Waals surface area contributed by atoms with Crippen molar-refractivity contribution >= 4 is 5.91 Å². The molecule has 1 amide bonds. The Morgan fingerprint density at radius 1 is 1.36 bits per heavy atom. The van der Waals surface area contributed by atoms with Gasteiger partial charge >= 0.3 is 0 Å². The zero-order chi connectivity index (χ0) is 11.1. The summed E-state index contributed by atoms with van der Waals surface area (Å²) < 4.78 is 0. The summed E-state index contributed by atoms with van der Waals surface area (Å²) in [7, 11) is 0. The smallest absolute Gasteiger partial charge is 0.234 e. The van der Waals surface area contributed by atoms with E-state index < -0.39 is 11.9 Å². The van der Waals surface area contributed by atoms with E-state index in [1.54, 1.807) is 0 Å². The van der Waals surface area contributed by atoms with Gasteiger partial charge in [0.2, 0.25) is 5.91 Å². The van der Waals surface area contributed by atoms with Crippen LogP contribution in [-0.2, 0) is 4.79 Å². The molecule has 0 aromatic carbocycles. The normalized spacial score (nSPS) is 13.6. The summed E-state index contributed by atoms with van der Waals surface area (Å²) in [5.41, 5.74) is 10.6. The minimum Gasteiger partial charge on any atom is -0.368 e. The van der Waals surface area contributed by atoms with Crippen molar-refractivity contribution in [3.05, 3.63) is 0 Å². The SMILES string of the molecule is CCCN(CCC(N)C(N)=O)C(C)C. The highest BCUT2D eigenvalue weighted by Gasteiger charge is 2.13. The van der Waals surface area contributed by atoms with E-state index in [0.29, 0.717) is 12.5 Å². The molecule has 0 rings (SSSR count). The number of carbonyl (C=O) groups is 1. The van der Waals surface area contributed by atoms with E-state index in [1.807, 2.05) is 0 Å². The summed E-state index contributed by atoms with van der Waals surface area (Å²) in [6.07, 6.45) is 1.76. The molecule has 0 aliphatic carbocycles. The molecule has 0 aliphatic heterocycles. The Labute approximate surface area is 86.6 Å². The molecular formula is C10H23N3O. The van der Waals surface area contributed by atoms with Crippen molar-refractivity contribution in [2.45, 2.75) is 45.7 Å². The Morgan fingerprint density at radius 2 is 1.93 bits per heavy atom. The highest BCUT2D eigenvalue weighted by molar-refractivity contribution is 5.79. The fourth-order valence-corrected chi connectivity index (χ4v) is 1.36. The number of hydrogen-bond acceptors (Lipinski definition) is 3. The lowest BCUT2D eigenvalue weighted by molar-refractivity contribution is -0.119. The van der Waals surface area contributed by atoms with Crippen LogP contribution in [0.15, 0.2) is 0 Å². The van der Waals surface area contributed by atoms with E-state index in [1.165, 1.54) is 0 Å². The third kappa shape index (κ3) is 5.19. The van der Waals surface area contributed by atoms with E-state index >= 15 is 0 Å². The number of nitrogens with zero attached hydrogens (tertiary/aromatic N) is 1. The lowest BCUT2D eigenvalue weighted by Crippen LogP contribution is -2.41. The molecule has 84 valence electrons. The van der Waals surface area contributed by atoms with Gasteiger partial charge in [-0.1, -0.05) is 6.92 Å². The van der Waals surface area contributed by atoms with Gasteiger partial charge in [0.1, 0.15) is 0 Å². The average molecular weight is 201 g/mol. The maximum Gasteiger partial charge on any atom is 0.234 e. The fourth-order valence-electron chi connectivity index (χ4n) is 1.36. The van der Waals surface area contributed by atoms with Crippen LogP contribution >= 0.6 is 0 Å². The van der Waals surface area contributed by atoms with Gasteiger partial charge in [0.05, 0.1) is 6.04 Å². The molecule has 4 nitrogen and oxygen atoms in total. The number of primary amides is 1. The number of carbonyl (C=O) groups excluding carboxylic acids is 1. The standard InChI is InChI=1S/C10H23N3O/c1-4-6-13(8(2)3)7-5-9(11)10(12)14/h8-9H,4-7,11H2,1-3H3,(H2,12,14). The molecule has 14 heavy (non-hydrogen) atoms. The van der Waals surface area contributed by atoms with Gasteiger partial charge in [-0.3, -0.25) is 4.79 Å². The van der Waals surface area contributed by atoms with Crippen LogP contribution in [0.2, 0.25) is 0 Å². The van der Waals surface area contributed by atoms with Crippen LogP contribution in [0.5, 0.6) is 0 Å². The summed E-state index contributed by atoms with van der Waals surface area (Å²) in [6.45, 7) is 8.32. The molecule has 0 fully saturated rings. The van der Waals surface area contributed by atoms with Crippen LogP contribution in [0.25, 0.3) is 0 Å². The highest BCUT2D eigenvalue weighted by Crippen LogP contribution is 2.02. The Balaban J connectivity index is 3.87. The third-order valence-corrected chi connectivity index (χ3v) is 2.33. The zero-order valence-corrected chi connectivity index (χ0v) is 9.49. The van der Waals surface area contributed by atoms with Crippen LogP contribution in [0.1, 0.15) is 33.6 Å². The van der Waals surface area contributed by atoms with Crippen LogP contribution in [-0.4, -0.2) is 36.0 Å². The van der Waals surface area contributed by atoms with Crippen molar-refractivity contribution in [3.63, 3.8) is 0 Å². The van der Waals surface area contributed by atoms with Crippen molar-refractivity contribution in [3.8, 4) is 0 Å². The first-order valence-electron chi connectivity index (χ1n) is 5.28. The monoisotopic (exact) mass is 201 g/mol. The summed E-state index contributed by atoms with van der Waals surface area (Å²) in [5, 5.41) is 0. The quantitative estimate of drug-likeness (QED) is 0.622. The first-order chi connectivity index (χ1) is 6.49. The van der Waals surface area contributed by atoms with Crippen molar-refractivity contribution in [2.24, 2.45) is 11.5 Å². The zero-order valence-electron chi connectivity index (χ0n) is 9.49. The summed E-state index contributed by atoms with van der Waals surface area (Å²) in [5.74, 6) is -0.412. The maximum absolute atomic E-state index is 10.7. The summed E-state index contributed by atoms with van der Waals surface area (Å²) in [4.78, 5) is 13.0. The Bertz CT molecular complexity index is 171. The molecule has 0 radical (unpaired) electrons. The van der Waals surface area contributed by atoms with E-state index in [-0.39, 0.29) is 0 Å². The first-order valence-corrected chi connectivity index (χ1v) is 5.28. The minimum atomic E-state index is -0.506. The molecule has 1 atom stereocenters. The number of rotatable bonds is 7. The summed E-state index contributed by atoms with van der Waals surface area (Å²) in [6, 6.07) is -0.0110. The fraction of sp³-hybridized carbons (Fsp3) is 0.900. The number of hydrogen-bond donors (Lipinski definition) is 2. The van der Waals surface area contributed by atoms with Crippen LogP contribution < -0.4 is 11.5 Å². The number of nitrogens with two attached hydrogens (primary N) is 2. The van der Waals surface area contributed by atoms with Crippen molar-refractivity contribution in [1.29, 1.82) is 0 Å². The lowest BCUT2D eigenvalue weighted by Gasteiger charge is -2.26. The highest BCUT2D eigenvalue weighted by atomic mass is 16.1. The van der Waals surface area contributed by atoms with E-state index in [9.17, 15) is 4.79 Å². The van der Waals surface area contributed by atoms with Gasteiger partial charge in [-0.15, -0.1) is 0 Å². The van der Waals surface area contributed by atoms with Crippen LogP contribution in [0, 0.1) is 0 Å². The van der Waals surface area contributed by atoms with Crippen LogP contribution in [0.3, 0.4) is 0 Å². The second-order valence-electron chi connectivity index (χ2n) is 3.93. The molecule has 0 spiro atoms. The first kappa shape index (κ1) is 13.4. The molecule has 0 bridgehead atoms. The molecule has 0 aliphatic rings. The Hall–Kier alpha value is -0.610. The second kappa shape index (κ2) is 6.79. The maximum atomic E-state index is 10.7. The molecule has 0 saturated heterocycles. The number of amides is 1. The molecule has 1 unspecified atom stereocenters. The molecular weight excluding hydrogens is 178 g/mol. The second-order valence-corrected chi connectivity index (χ2v) is 3.93. The van der Waals surface area contributed by atoms with Gasteiger partial charge in [-0.2, -0.15) is 0 Å². The molecule has 0 aromatic heterocycles. The Morgan fingerprint density at radius 3 is 2.29 bits per heavy atom. The molecule has 0 aromatic rings. The largest absolute Gasteiger partial charge is 0.368 e. The summed E-state index contributed by atoms with van der Waals surface area (Å²) >= 11 is 0. The molecule has 4 heteroatoms. The van der Waals surface area contributed by atoms with Crippen LogP contribution in [0.4, 0.5) is 0 Å². The van der Waals surface area contributed by atoms with Gasteiger partial charge in [0, 0.05) is 12.6 Å². The van der Waals surface area contributed by atoms with Gasteiger partial charge in [-0.25, -0.2) is 0 Å². The van der Waals surface area contributed by atoms with E-state index in [4.69, 9.17) is 11.5 Å². The van der Waals surface area contributed by atoms with E-state index in [2.05, 4.69) is 25.7 Å². The van der Waals surface area contributed by atoms with Crippen molar-refractivity contribution < 1.29 is 4.79 Å². The van der Waals surface area contributed by atoms with Gasteiger partial charge in [0.25, 0.3) is 0 Å². The molecule has 0 heterocycles. The predicted octanol–water partition coefficient (Wildman–Crippen LogP) is 0.310. The average Bonchev–Trinajstić information content (AvgIpc) is 2.10. The predicted molar refractivity (Wildman–Crippen MR) is 58.8 cm³/mol. The minimum absolute atomic E-state index is 0.412. The van der Waals surface area contributed by atoms with Gasteiger partial charge in [0.15, 0.2) is 0 Å². The molecule has 4 N–H and O–H groups in total. The van der Waals surface area contributed by atoms with Gasteiger partial charge in [-0.05, 0) is 33.2 Å². The molecule has 0 saturated carbocycles.